The highest BCUT2D eigenvalue weighted by Crippen LogP contribution is 2.54. The molecule has 0 saturated heterocycles. The lowest BCUT2D eigenvalue weighted by molar-refractivity contribution is 0.0944. The fourth-order valence-electron chi connectivity index (χ4n) is 4.58. The second kappa shape index (κ2) is 6.94. The molecule has 1 N–H and O–H groups in total. The molecular formula is C22H19Cl2N3O. The molecule has 28 heavy (non-hydrogen) atoms. The highest BCUT2D eigenvalue weighted by atomic mass is 35.5. The highest BCUT2D eigenvalue weighted by molar-refractivity contribution is 6.31. The van der Waals surface area contributed by atoms with E-state index >= 15 is 0 Å². The van der Waals surface area contributed by atoms with Gasteiger partial charge in [-0.25, -0.2) is 4.68 Å². The standard InChI is InChI=1S/C22H19Cl2N3O/c23-16-7-9-17(10-8-16)27-21-14-6-5-13(11-14)19(21)20(26-27)22(28)25-12-15-3-1-2-4-18(15)24/h1-4,7-10,13-14H,5-6,11-12H2,(H,25,28). The maximum atomic E-state index is 13.0. The van der Waals surface area contributed by atoms with Crippen molar-refractivity contribution in [3.8, 4) is 5.69 Å². The Balaban J connectivity index is 1.49. The Hall–Kier alpha value is -2.30. The molecule has 5 rings (SSSR count). The molecule has 2 atom stereocenters. The largest absolute Gasteiger partial charge is 0.346 e. The fourth-order valence-corrected chi connectivity index (χ4v) is 4.91. The molecular weight excluding hydrogens is 393 g/mol. The first-order chi connectivity index (χ1) is 13.6. The van der Waals surface area contributed by atoms with Crippen molar-refractivity contribution in [1.82, 2.24) is 15.1 Å². The minimum atomic E-state index is -0.142. The van der Waals surface area contributed by atoms with E-state index in [-0.39, 0.29) is 5.91 Å². The SMILES string of the molecule is O=C(NCc1ccccc1Cl)c1nn(-c2ccc(Cl)cc2)c2c1C1CCC2C1. The molecule has 2 bridgehead atoms. The Kier molecular flexibility index (Phi) is 4.41. The summed E-state index contributed by atoms with van der Waals surface area (Å²) < 4.78 is 1.94. The minimum absolute atomic E-state index is 0.142. The Morgan fingerprint density at radius 2 is 1.82 bits per heavy atom. The third kappa shape index (κ3) is 2.92. The van der Waals surface area contributed by atoms with Crippen molar-refractivity contribution >= 4 is 29.1 Å². The lowest BCUT2D eigenvalue weighted by Crippen LogP contribution is -2.25. The van der Waals surface area contributed by atoms with E-state index in [2.05, 4.69) is 5.32 Å². The summed E-state index contributed by atoms with van der Waals surface area (Å²) in [5, 5.41) is 9.07. The van der Waals surface area contributed by atoms with Crippen LogP contribution in [-0.4, -0.2) is 15.7 Å². The van der Waals surface area contributed by atoms with Gasteiger partial charge in [-0.1, -0.05) is 41.4 Å². The Morgan fingerprint density at radius 3 is 2.61 bits per heavy atom. The molecule has 1 heterocycles. The van der Waals surface area contributed by atoms with Gasteiger partial charge in [0.15, 0.2) is 5.69 Å². The molecule has 3 aromatic rings. The van der Waals surface area contributed by atoms with E-state index in [0.717, 1.165) is 36.1 Å². The molecule has 2 unspecified atom stereocenters. The van der Waals surface area contributed by atoms with Crippen LogP contribution < -0.4 is 5.32 Å². The predicted molar refractivity (Wildman–Crippen MR) is 111 cm³/mol. The summed E-state index contributed by atoms with van der Waals surface area (Å²) in [7, 11) is 0. The van der Waals surface area contributed by atoms with Gasteiger partial charge in [-0.15, -0.1) is 0 Å². The maximum Gasteiger partial charge on any atom is 0.272 e. The van der Waals surface area contributed by atoms with E-state index in [1.165, 1.54) is 5.69 Å². The van der Waals surface area contributed by atoms with Crippen molar-refractivity contribution in [2.75, 3.05) is 0 Å². The fraction of sp³-hybridized carbons (Fsp3) is 0.273. The van der Waals surface area contributed by atoms with Crippen LogP contribution in [0.3, 0.4) is 0 Å². The second-order valence-electron chi connectivity index (χ2n) is 7.52. The summed E-state index contributed by atoms with van der Waals surface area (Å²) in [4.78, 5) is 13.0. The topological polar surface area (TPSA) is 46.9 Å². The van der Waals surface area contributed by atoms with Crippen molar-refractivity contribution in [3.05, 3.63) is 81.1 Å². The lowest BCUT2D eigenvalue weighted by atomic mass is 9.95. The van der Waals surface area contributed by atoms with Gasteiger partial charge in [-0.05, 0) is 61.1 Å². The van der Waals surface area contributed by atoms with Gasteiger partial charge in [0.25, 0.3) is 5.91 Å². The lowest BCUT2D eigenvalue weighted by Gasteiger charge is -2.14. The Bertz CT molecular complexity index is 1060. The first-order valence-corrected chi connectivity index (χ1v) is 10.3. The van der Waals surface area contributed by atoms with Crippen molar-refractivity contribution in [2.45, 2.75) is 37.6 Å². The smallest absolute Gasteiger partial charge is 0.272 e. The third-order valence-corrected chi connectivity index (χ3v) is 6.49. The molecule has 142 valence electrons. The summed E-state index contributed by atoms with van der Waals surface area (Å²) in [6, 6.07) is 15.2. The molecule has 6 heteroatoms. The van der Waals surface area contributed by atoms with E-state index < -0.39 is 0 Å². The van der Waals surface area contributed by atoms with Crippen LogP contribution in [0.15, 0.2) is 48.5 Å². The van der Waals surface area contributed by atoms with E-state index in [1.54, 1.807) is 0 Å². The highest BCUT2D eigenvalue weighted by Gasteiger charge is 2.44. The van der Waals surface area contributed by atoms with Crippen LogP contribution in [0, 0.1) is 0 Å². The monoisotopic (exact) mass is 411 g/mol. The van der Waals surface area contributed by atoms with Gasteiger partial charge in [-0.2, -0.15) is 5.10 Å². The first kappa shape index (κ1) is 17.8. The number of nitrogens with one attached hydrogen (secondary N) is 1. The van der Waals surface area contributed by atoms with Crippen molar-refractivity contribution in [3.63, 3.8) is 0 Å². The number of fused-ring (bicyclic) bond motifs is 5. The number of halogens is 2. The average molecular weight is 412 g/mol. The van der Waals surface area contributed by atoms with Gasteiger partial charge in [0.05, 0.1) is 11.4 Å². The molecule has 4 nitrogen and oxygen atoms in total. The number of benzene rings is 2. The number of carbonyl (C=O) groups excluding carboxylic acids is 1. The van der Waals surface area contributed by atoms with E-state index in [0.29, 0.717) is 34.1 Å². The number of nitrogens with zero attached hydrogens (tertiary/aromatic N) is 2. The summed E-state index contributed by atoms with van der Waals surface area (Å²) in [5.74, 6) is 0.770. The van der Waals surface area contributed by atoms with Crippen LogP contribution in [0.25, 0.3) is 5.69 Å². The first-order valence-electron chi connectivity index (χ1n) is 9.52. The van der Waals surface area contributed by atoms with Crippen molar-refractivity contribution in [1.29, 1.82) is 0 Å². The van der Waals surface area contributed by atoms with Gasteiger partial charge in [0, 0.05) is 28.1 Å². The quantitative estimate of drug-likeness (QED) is 0.618. The molecule has 0 aliphatic heterocycles. The molecule has 1 saturated carbocycles. The molecule has 2 aromatic carbocycles. The Morgan fingerprint density at radius 1 is 1.07 bits per heavy atom. The summed E-state index contributed by atoms with van der Waals surface area (Å²) in [5.41, 5.74) is 4.71. The molecule has 0 spiro atoms. The second-order valence-corrected chi connectivity index (χ2v) is 8.36. The van der Waals surface area contributed by atoms with E-state index in [4.69, 9.17) is 28.3 Å². The van der Waals surface area contributed by atoms with Gasteiger partial charge < -0.3 is 5.32 Å². The van der Waals surface area contributed by atoms with Crippen LogP contribution >= 0.6 is 23.2 Å². The van der Waals surface area contributed by atoms with Crippen LogP contribution in [0.2, 0.25) is 10.0 Å². The molecule has 1 fully saturated rings. The average Bonchev–Trinajstić information content (AvgIpc) is 3.40. The maximum absolute atomic E-state index is 13.0. The molecule has 1 amide bonds. The number of aromatic nitrogens is 2. The molecule has 2 aliphatic carbocycles. The number of hydrogen-bond acceptors (Lipinski definition) is 2. The van der Waals surface area contributed by atoms with Gasteiger partial charge in [0.1, 0.15) is 0 Å². The van der Waals surface area contributed by atoms with Gasteiger partial charge in [-0.3, -0.25) is 4.79 Å². The zero-order chi connectivity index (χ0) is 19.3. The summed E-state index contributed by atoms with van der Waals surface area (Å²) >= 11 is 12.3. The predicted octanol–water partition coefficient (Wildman–Crippen LogP) is 5.47. The van der Waals surface area contributed by atoms with E-state index in [9.17, 15) is 4.79 Å². The van der Waals surface area contributed by atoms with Crippen LogP contribution in [0.5, 0.6) is 0 Å². The summed E-state index contributed by atoms with van der Waals surface area (Å²) in [6.07, 6.45) is 3.41. The van der Waals surface area contributed by atoms with Crippen molar-refractivity contribution < 1.29 is 4.79 Å². The van der Waals surface area contributed by atoms with Gasteiger partial charge in [0.2, 0.25) is 0 Å². The molecule has 1 aromatic heterocycles. The number of amides is 1. The van der Waals surface area contributed by atoms with Crippen LogP contribution in [0.1, 0.15) is 58.4 Å². The number of rotatable bonds is 4. The van der Waals surface area contributed by atoms with Gasteiger partial charge >= 0.3 is 0 Å². The third-order valence-electron chi connectivity index (χ3n) is 5.87. The number of hydrogen-bond donors (Lipinski definition) is 1. The summed E-state index contributed by atoms with van der Waals surface area (Å²) in [6.45, 7) is 0.384. The normalized spacial score (nSPS) is 19.6. The zero-order valence-corrected chi connectivity index (χ0v) is 16.7. The molecule has 0 radical (unpaired) electrons. The minimum Gasteiger partial charge on any atom is -0.346 e. The molecule has 2 aliphatic rings. The van der Waals surface area contributed by atoms with Crippen molar-refractivity contribution in [2.24, 2.45) is 0 Å². The van der Waals surface area contributed by atoms with E-state index in [1.807, 2.05) is 53.2 Å². The Labute approximate surface area is 173 Å². The number of carbonyl (C=O) groups is 1. The zero-order valence-electron chi connectivity index (χ0n) is 15.2. The van der Waals surface area contributed by atoms with Crippen LogP contribution in [0.4, 0.5) is 0 Å². The van der Waals surface area contributed by atoms with Crippen LogP contribution in [-0.2, 0) is 6.54 Å².